The number of urea groups is 1. The fourth-order valence-corrected chi connectivity index (χ4v) is 3.05. The Bertz CT molecular complexity index is 977. The minimum atomic E-state index is -0.755. The summed E-state index contributed by atoms with van der Waals surface area (Å²) in [6.07, 6.45) is 0.0440. The Balaban J connectivity index is 2.05. The van der Waals surface area contributed by atoms with Crippen LogP contribution in [0.15, 0.2) is 48.5 Å². The largest absolute Gasteiger partial charge is 0.496 e. The van der Waals surface area contributed by atoms with E-state index in [1.807, 2.05) is 0 Å². The van der Waals surface area contributed by atoms with Crippen LogP contribution in [-0.4, -0.2) is 50.5 Å². The monoisotopic (exact) mass is 455 g/mol. The Morgan fingerprint density at radius 2 is 1.76 bits per heavy atom. The molecule has 0 aliphatic heterocycles. The summed E-state index contributed by atoms with van der Waals surface area (Å²) in [5.74, 6) is -1.09. The van der Waals surface area contributed by atoms with Gasteiger partial charge in [0.15, 0.2) is 0 Å². The van der Waals surface area contributed by atoms with Crippen molar-refractivity contribution in [3.63, 3.8) is 0 Å². The summed E-state index contributed by atoms with van der Waals surface area (Å²) in [4.78, 5) is 36.8. The minimum Gasteiger partial charge on any atom is -0.496 e. The summed E-state index contributed by atoms with van der Waals surface area (Å²) in [6, 6.07) is 13.0. The molecule has 176 valence electrons. The fourth-order valence-electron chi connectivity index (χ4n) is 3.05. The van der Waals surface area contributed by atoms with Crippen LogP contribution >= 0.6 is 0 Å². The number of nitrogens with one attached hydrogen (secondary N) is 4. The van der Waals surface area contributed by atoms with Gasteiger partial charge in [0, 0.05) is 29.9 Å². The number of hydrogen-bond donors (Lipinski definition) is 5. The van der Waals surface area contributed by atoms with E-state index in [4.69, 9.17) is 20.6 Å². The van der Waals surface area contributed by atoms with Gasteiger partial charge in [0.1, 0.15) is 11.6 Å². The Morgan fingerprint density at radius 3 is 2.39 bits per heavy atom. The average Bonchev–Trinajstić information content (AvgIpc) is 2.80. The second-order valence-electron chi connectivity index (χ2n) is 6.97. The molecule has 1 atom stereocenters. The first-order valence-electron chi connectivity index (χ1n) is 10.4. The highest BCUT2D eigenvalue weighted by Gasteiger charge is 2.24. The molecule has 6 N–H and O–H groups in total. The van der Waals surface area contributed by atoms with Crippen LogP contribution in [0.3, 0.4) is 0 Å². The Hall–Kier alpha value is -4.08. The molecule has 10 heteroatoms. The van der Waals surface area contributed by atoms with Crippen LogP contribution in [0.25, 0.3) is 0 Å². The van der Waals surface area contributed by atoms with Crippen LogP contribution in [0.2, 0.25) is 0 Å². The summed E-state index contributed by atoms with van der Waals surface area (Å²) in [5.41, 5.74) is 7.07. The number of rotatable bonds is 11. The highest BCUT2D eigenvalue weighted by atomic mass is 16.5. The number of ether oxygens (including phenoxy) is 2. The topological polar surface area (TPSA) is 156 Å². The number of hydrogen-bond acceptors (Lipinski definition) is 6. The molecule has 2 aromatic carbocycles. The predicted molar refractivity (Wildman–Crippen MR) is 124 cm³/mol. The summed E-state index contributed by atoms with van der Waals surface area (Å²) in [7, 11) is 1.50. The van der Waals surface area contributed by atoms with Crippen molar-refractivity contribution >= 4 is 29.4 Å². The fraction of sp³-hybridized carbons (Fsp3) is 0.304. The molecule has 3 amide bonds. The van der Waals surface area contributed by atoms with Gasteiger partial charge < -0.3 is 31.2 Å². The average molecular weight is 456 g/mol. The standard InChI is InChI=1S/C23H29N5O5/c1-3-33-20(29)12-13-26-22(30)18(17-6-4-5-7-19(17)32-2)14-27-23(31)28-16-10-8-15(9-11-16)21(24)25/h4-11,18H,3,12-14H2,1-2H3,(H3,24,25)(H,26,30)(H2,27,28,31). The van der Waals surface area contributed by atoms with Gasteiger partial charge in [-0.3, -0.25) is 15.0 Å². The number of anilines is 1. The number of benzene rings is 2. The van der Waals surface area contributed by atoms with Gasteiger partial charge >= 0.3 is 12.0 Å². The maximum atomic E-state index is 12.9. The lowest BCUT2D eigenvalue weighted by molar-refractivity contribution is -0.143. The summed E-state index contributed by atoms with van der Waals surface area (Å²) < 4.78 is 10.2. The van der Waals surface area contributed by atoms with Crippen molar-refractivity contribution < 1.29 is 23.9 Å². The highest BCUT2D eigenvalue weighted by Crippen LogP contribution is 2.26. The minimum absolute atomic E-state index is 0.0109. The van der Waals surface area contributed by atoms with Gasteiger partial charge in [-0.05, 0) is 37.3 Å². The molecule has 0 aliphatic carbocycles. The third-order valence-electron chi connectivity index (χ3n) is 4.69. The molecule has 33 heavy (non-hydrogen) atoms. The Labute approximate surface area is 192 Å². The van der Waals surface area contributed by atoms with Gasteiger partial charge in [-0.1, -0.05) is 18.2 Å². The van der Waals surface area contributed by atoms with Gasteiger partial charge in [-0.25, -0.2) is 4.79 Å². The number of amidine groups is 1. The number of esters is 1. The van der Waals surface area contributed by atoms with Crippen LogP contribution in [0.1, 0.15) is 30.4 Å². The smallest absolute Gasteiger partial charge is 0.319 e. The zero-order valence-electron chi connectivity index (χ0n) is 18.6. The third kappa shape index (κ3) is 7.84. The molecule has 2 aromatic rings. The third-order valence-corrected chi connectivity index (χ3v) is 4.69. The van der Waals surface area contributed by atoms with Crippen LogP contribution < -0.4 is 26.4 Å². The van der Waals surface area contributed by atoms with Crippen LogP contribution in [0, 0.1) is 5.41 Å². The van der Waals surface area contributed by atoms with E-state index in [1.54, 1.807) is 55.5 Å². The quantitative estimate of drug-likeness (QED) is 0.198. The lowest BCUT2D eigenvalue weighted by Gasteiger charge is -2.20. The first kappa shape index (κ1) is 25.2. The number of amides is 3. The van der Waals surface area contributed by atoms with Crippen LogP contribution in [0.4, 0.5) is 10.5 Å². The number of methoxy groups -OCH3 is 1. The molecule has 0 aromatic heterocycles. The molecule has 10 nitrogen and oxygen atoms in total. The molecule has 0 spiro atoms. The Kier molecular flexibility index (Phi) is 9.69. The van der Waals surface area contributed by atoms with Crippen molar-refractivity contribution in [1.29, 1.82) is 5.41 Å². The van der Waals surface area contributed by atoms with Gasteiger partial charge in [-0.2, -0.15) is 0 Å². The van der Waals surface area contributed by atoms with Gasteiger partial charge in [0.05, 0.1) is 26.1 Å². The van der Waals surface area contributed by atoms with Crippen LogP contribution in [0.5, 0.6) is 5.75 Å². The zero-order valence-corrected chi connectivity index (χ0v) is 18.6. The number of carbonyl (C=O) groups excluding carboxylic acids is 3. The van der Waals surface area contributed by atoms with E-state index in [0.717, 1.165) is 0 Å². The lowest BCUT2D eigenvalue weighted by Crippen LogP contribution is -2.39. The number of carbonyl (C=O) groups is 3. The molecule has 0 fully saturated rings. The van der Waals surface area contributed by atoms with E-state index in [-0.39, 0.29) is 37.9 Å². The van der Waals surface area contributed by atoms with Gasteiger partial charge in [0.25, 0.3) is 0 Å². The number of nitrogens with two attached hydrogens (primary N) is 1. The zero-order chi connectivity index (χ0) is 24.2. The lowest BCUT2D eigenvalue weighted by atomic mass is 9.97. The van der Waals surface area contributed by atoms with Crippen molar-refractivity contribution in [3.05, 3.63) is 59.7 Å². The van der Waals surface area contributed by atoms with Crippen molar-refractivity contribution in [1.82, 2.24) is 10.6 Å². The molecular formula is C23H29N5O5. The van der Waals surface area contributed by atoms with E-state index in [0.29, 0.717) is 22.6 Å². The first-order chi connectivity index (χ1) is 15.8. The summed E-state index contributed by atoms with van der Waals surface area (Å²) in [5, 5.41) is 15.5. The van der Waals surface area contributed by atoms with E-state index in [9.17, 15) is 14.4 Å². The maximum Gasteiger partial charge on any atom is 0.319 e. The van der Waals surface area contributed by atoms with E-state index in [2.05, 4.69) is 16.0 Å². The predicted octanol–water partition coefficient (Wildman–Crippen LogP) is 1.95. The molecular weight excluding hydrogens is 426 g/mol. The van der Waals surface area contributed by atoms with Crippen molar-refractivity contribution in [2.75, 3.05) is 32.1 Å². The number of para-hydroxylation sites is 1. The van der Waals surface area contributed by atoms with Gasteiger partial charge in [0.2, 0.25) is 5.91 Å². The Morgan fingerprint density at radius 1 is 1.06 bits per heavy atom. The summed E-state index contributed by atoms with van der Waals surface area (Å²) >= 11 is 0. The van der Waals surface area contributed by atoms with E-state index < -0.39 is 17.9 Å². The second kappa shape index (κ2) is 12.7. The van der Waals surface area contributed by atoms with Crippen LogP contribution in [-0.2, 0) is 14.3 Å². The molecule has 0 saturated heterocycles. The second-order valence-corrected chi connectivity index (χ2v) is 6.97. The number of nitrogen functional groups attached to an aromatic ring is 1. The maximum absolute atomic E-state index is 12.9. The van der Waals surface area contributed by atoms with Crippen molar-refractivity contribution in [2.24, 2.45) is 5.73 Å². The SMILES string of the molecule is CCOC(=O)CCNC(=O)C(CNC(=O)Nc1ccc(C(=N)N)cc1)c1ccccc1OC. The van der Waals surface area contributed by atoms with E-state index in [1.165, 1.54) is 7.11 Å². The molecule has 0 aliphatic rings. The molecule has 0 radical (unpaired) electrons. The first-order valence-corrected chi connectivity index (χ1v) is 10.4. The molecule has 1 unspecified atom stereocenters. The molecule has 0 bridgehead atoms. The summed E-state index contributed by atoms with van der Waals surface area (Å²) in [6.45, 7) is 2.08. The van der Waals surface area contributed by atoms with Crippen molar-refractivity contribution in [2.45, 2.75) is 19.3 Å². The molecule has 0 heterocycles. The highest BCUT2D eigenvalue weighted by molar-refractivity contribution is 5.96. The molecule has 2 rings (SSSR count). The van der Waals surface area contributed by atoms with Gasteiger partial charge in [-0.15, -0.1) is 0 Å². The normalized spacial score (nSPS) is 11.1. The van der Waals surface area contributed by atoms with Crippen molar-refractivity contribution in [3.8, 4) is 5.75 Å². The van der Waals surface area contributed by atoms with E-state index >= 15 is 0 Å². The molecule has 0 saturated carbocycles.